The number of nitrogens with zero attached hydrogens (tertiary/aromatic N) is 4. The van der Waals surface area contributed by atoms with Gasteiger partial charge in [-0.3, -0.25) is 14.5 Å². The third-order valence-corrected chi connectivity index (χ3v) is 7.04. The van der Waals surface area contributed by atoms with E-state index in [1.807, 2.05) is 7.05 Å². The number of carbonyl (C=O) groups excluding carboxylic acids is 2. The van der Waals surface area contributed by atoms with Crippen molar-refractivity contribution in [1.82, 2.24) is 19.7 Å². The summed E-state index contributed by atoms with van der Waals surface area (Å²) in [5, 5.41) is 1.80. The first-order chi connectivity index (χ1) is 14.1. The summed E-state index contributed by atoms with van der Waals surface area (Å²) in [5.74, 6) is 0.622. The lowest BCUT2D eigenvalue weighted by Gasteiger charge is -2.44. The minimum Gasteiger partial charge on any atom is -0.381 e. The van der Waals surface area contributed by atoms with Gasteiger partial charge in [0.15, 0.2) is 0 Å². The highest BCUT2D eigenvalue weighted by molar-refractivity contribution is 7.07. The Morgan fingerprint density at radius 3 is 2.66 bits per heavy atom. The van der Waals surface area contributed by atoms with E-state index in [4.69, 9.17) is 4.74 Å². The molecular weight excluding hydrogens is 388 g/mol. The van der Waals surface area contributed by atoms with Crippen molar-refractivity contribution in [2.24, 2.45) is 5.92 Å². The molecule has 2 saturated heterocycles. The van der Waals surface area contributed by atoms with Crippen molar-refractivity contribution in [2.45, 2.75) is 50.6 Å². The molecule has 3 fully saturated rings. The van der Waals surface area contributed by atoms with Gasteiger partial charge in [-0.2, -0.15) is 0 Å². The number of carbonyl (C=O) groups is 2. The normalized spacial score (nSPS) is 23.4. The number of likely N-dealkylation sites (tertiary alicyclic amines) is 1. The monoisotopic (exact) mass is 420 g/mol. The summed E-state index contributed by atoms with van der Waals surface area (Å²) >= 11 is 1.45. The standard InChI is InChI=1S/C21H32N4O3S/c1-23(21(27)19-14-29-15-22-19)9-10-25(17-6-11-28-12-7-17)18-3-2-8-24(13-18)20(26)16-4-5-16/h14-18H,2-13H2,1H3. The van der Waals surface area contributed by atoms with Crippen LogP contribution in [0.15, 0.2) is 10.9 Å². The van der Waals surface area contributed by atoms with Gasteiger partial charge in [0.05, 0.1) is 5.51 Å². The molecule has 0 spiro atoms. The van der Waals surface area contributed by atoms with Gasteiger partial charge in [-0.25, -0.2) is 4.98 Å². The van der Waals surface area contributed by atoms with Gasteiger partial charge in [-0.05, 0) is 38.5 Å². The lowest BCUT2D eigenvalue weighted by molar-refractivity contribution is -0.135. The zero-order chi connectivity index (χ0) is 20.2. The van der Waals surface area contributed by atoms with E-state index in [0.29, 0.717) is 30.2 Å². The van der Waals surface area contributed by atoms with Gasteiger partial charge >= 0.3 is 0 Å². The molecule has 3 aliphatic rings. The smallest absolute Gasteiger partial charge is 0.273 e. The average molecular weight is 421 g/mol. The Hall–Kier alpha value is -1.51. The number of thiazole rings is 1. The average Bonchev–Trinajstić information content (AvgIpc) is 3.47. The molecule has 0 N–H and O–H groups in total. The SMILES string of the molecule is CN(CCN(C1CCOCC1)C1CCCN(C(=O)C2CC2)C1)C(=O)c1cscn1. The number of ether oxygens (including phenoxy) is 1. The Bertz CT molecular complexity index is 688. The van der Waals surface area contributed by atoms with Crippen molar-refractivity contribution in [3.05, 3.63) is 16.6 Å². The van der Waals surface area contributed by atoms with Gasteiger partial charge in [-0.1, -0.05) is 0 Å². The molecule has 1 saturated carbocycles. The molecule has 29 heavy (non-hydrogen) atoms. The van der Waals surface area contributed by atoms with Crippen LogP contribution in [0.25, 0.3) is 0 Å². The molecule has 4 rings (SSSR count). The van der Waals surface area contributed by atoms with Gasteiger partial charge < -0.3 is 14.5 Å². The molecule has 0 aromatic carbocycles. The Morgan fingerprint density at radius 2 is 1.97 bits per heavy atom. The van der Waals surface area contributed by atoms with E-state index in [2.05, 4.69) is 14.8 Å². The van der Waals surface area contributed by atoms with E-state index in [-0.39, 0.29) is 11.8 Å². The Morgan fingerprint density at radius 1 is 1.17 bits per heavy atom. The molecule has 0 bridgehead atoms. The number of amides is 2. The molecule has 1 atom stereocenters. The first-order valence-corrected chi connectivity index (χ1v) is 11.8. The molecule has 1 unspecified atom stereocenters. The van der Waals surface area contributed by atoms with Crippen LogP contribution in [0.1, 0.15) is 49.0 Å². The molecule has 1 aromatic rings. The second-order valence-corrected chi connectivity index (χ2v) is 9.26. The molecule has 2 amide bonds. The molecule has 2 aliphatic heterocycles. The summed E-state index contributed by atoms with van der Waals surface area (Å²) < 4.78 is 5.59. The van der Waals surface area contributed by atoms with Gasteiger partial charge in [0.1, 0.15) is 5.69 Å². The van der Waals surface area contributed by atoms with Gasteiger partial charge in [0.25, 0.3) is 5.91 Å². The fourth-order valence-electron chi connectivity index (χ4n) is 4.57. The number of rotatable bonds is 7. The van der Waals surface area contributed by atoms with Crippen LogP contribution in [0.2, 0.25) is 0 Å². The summed E-state index contributed by atoms with van der Waals surface area (Å²) in [7, 11) is 1.85. The van der Waals surface area contributed by atoms with Crippen LogP contribution in [0.3, 0.4) is 0 Å². The second kappa shape index (κ2) is 9.53. The van der Waals surface area contributed by atoms with E-state index < -0.39 is 0 Å². The molecule has 3 heterocycles. The van der Waals surface area contributed by atoms with Crippen LogP contribution < -0.4 is 0 Å². The van der Waals surface area contributed by atoms with Gasteiger partial charge in [-0.15, -0.1) is 11.3 Å². The number of aromatic nitrogens is 1. The number of likely N-dealkylation sites (N-methyl/N-ethyl adjacent to an activating group) is 1. The van der Waals surface area contributed by atoms with E-state index in [1.54, 1.807) is 15.8 Å². The van der Waals surface area contributed by atoms with Crippen LogP contribution in [0.5, 0.6) is 0 Å². The lowest BCUT2D eigenvalue weighted by Crippen LogP contribution is -2.55. The van der Waals surface area contributed by atoms with E-state index in [9.17, 15) is 9.59 Å². The van der Waals surface area contributed by atoms with Crippen molar-refractivity contribution in [3.8, 4) is 0 Å². The van der Waals surface area contributed by atoms with Crippen LogP contribution in [0, 0.1) is 5.92 Å². The highest BCUT2D eigenvalue weighted by atomic mass is 32.1. The lowest BCUT2D eigenvalue weighted by atomic mass is 9.98. The van der Waals surface area contributed by atoms with Crippen molar-refractivity contribution in [3.63, 3.8) is 0 Å². The maximum atomic E-state index is 12.6. The minimum absolute atomic E-state index is 0.0210. The predicted octanol–water partition coefficient (Wildman–Crippen LogP) is 2.10. The minimum atomic E-state index is -0.0210. The summed E-state index contributed by atoms with van der Waals surface area (Å²) in [6.45, 7) is 4.82. The first-order valence-electron chi connectivity index (χ1n) is 10.9. The molecular formula is C21H32N4O3S. The second-order valence-electron chi connectivity index (χ2n) is 8.54. The third-order valence-electron chi connectivity index (χ3n) is 6.46. The zero-order valence-corrected chi connectivity index (χ0v) is 18.1. The maximum absolute atomic E-state index is 12.6. The molecule has 0 radical (unpaired) electrons. The summed E-state index contributed by atoms with van der Waals surface area (Å²) in [6.07, 6.45) is 6.36. The van der Waals surface area contributed by atoms with E-state index >= 15 is 0 Å². The van der Waals surface area contributed by atoms with Gasteiger partial charge in [0, 0.05) is 69.8 Å². The molecule has 7 nitrogen and oxygen atoms in total. The molecule has 1 aromatic heterocycles. The summed E-state index contributed by atoms with van der Waals surface area (Å²) in [5.41, 5.74) is 2.22. The highest BCUT2D eigenvalue weighted by Gasteiger charge is 2.38. The Kier molecular flexibility index (Phi) is 6.82. The van der Waals surface area contributed by atoms with Crippen molar-refractivity contribution in [2.75, 3.05) is 46.4 Å². The van der Waals surface area contributed by atoms with Gasteiger partial charge in [0.2, 0.25) is 5.91 Å². The Labute approximate surface area is 177 Å². The third kappa shape index (κ3) is 5.16. The van der Waals surface area contributed by atoms with Crippen molar-refractivity contribution < 1.29 is 14.3 Å². The fraction of sp³-hybridized carbons (Fsp3) is 0.762. The molecule has 160 valence electrons. The molecule has 1 aliphatic carbocycles. The van der Waals surface area contributed by atoms with Crippen LogP contribution >= 0.6 is 11.3 Å². The quantitative estimate of drug-likeness (QED) is 0.676. The zero-order valence-electron chi connectivity index (χ0n) is 17.3. The van der Waals surface area contributed by atoms with E-state index in [0.717, 1.165) is 71.4 Å². The van der Waals surface area contributed by atoms with E-state index in [1.165, 1.54) is 11.3 Å². The number of piperidine rings is 1. The van der Waals surface area contributed by atoms with Crippen molar-refractivity contribution >= 4 is 23.2 Å². The summed E-state index contributed by atoms with van der Waals surface area (Å²) in [6, 6.07) is 0.838. The Balaban J connectivity index is 1.40. The predicted molar refractivity (Wildman–Crippen MR) is 112 cm³/mol. The summed E-state index contributed by atoms with van der Waals surface area (Å²) in [4.78, 5) is 35.8. The fourth-order valence-corrected chi connectivity index (χ4v) is 5.10. The maximum Gasteiger partial charge on any atom is 0.273 e. The highest BCUT2D eigenvalue weighted by Crippen LogP contribution is 2.33. The van der Waals surface area contributed by atoms with Crippen molar-refractivity contribution in [1.29, 1.82) is 0 Å². The number of hydrogen-bond acceptors (Lipinski definition) is 6. The topological polar surface area (TPSA) is 66.0 Å². The number of hydrogen-bond donors (Lipinski definition) is 0. The van der Waals surface area contributed by atoms with Crippen LogP contribution in [0.4, 0.5) is 0 Å². The first kappa shape index (κ1) is 20.8. The molecule has 8 heteroatoms. The van der Waals surface area contributed by atoms with Crippen LogP contribution in [-0.4, -0.2) is 90.0 Å². The van der Waals surface area contributed by atoms with Crippen LogP contribution in [-0.2, 0) is 9.53 Å². The largest absolute Gasteiger partial charge is 0.381 e.